The zero-order valence-electron chi connectivity index (χ0n) is 17.6. The maximum Gasteiger partial charge on any atom is 0.433 e. The first-order valence-corrected chi connectivity index (χ1v) is 10.4. The van der Waals surface area contributed by atoms with Gasteiger partial charge in [-0.1, -0.05) is 6.92 Å². The zero-order chi connectivity index (χ0) is 21.9. The summed E-state index contributed by atoms with van der Waals surface area (Å²) in [6, 6.07) is -0.00915. The number of aryl methyl sites for hydroxylation is 1. The molecule has 7 nitrogen and oxygen atoms in total. The third-order valence-electron chi connectivity index (χ3n) is 6.93. The molecule has 0 atom stereocenters. The van der Waals surface area contributed by atoms with Crippen molar-refractivity contribution in [2.24, 2.45) is 18.4 Å². The van der Waals surface area contributed by atoms with Crippen LogP contribution >= 0.6 is 0 Å². The van der Waals surface area contributed by atoms with Crippen LogP contribution in [0.2, 0.25) is 0 Å². The van der Waals surface area contributed by atoms with E-state index in [1.54, 1.807) is 4.90 Å². The smallest absolute Gasteiger partial charge is 0.347 e. The average molecular weight is 427 g/mol. The van der Waals surface area contributed by atoms with Crippen LogP contribution in [-0.2, 0) is 24.4 Å². The molecule has 3 heterocycles. The van der Waals surface area contributed by atoms with Crippen molar-refractivity contribution in [1.82, 2.24) is 24.9 Å². The first-order chi connectivity index (χ1) is 14.0. The lowest BCUT2D eigenvalue weighted by Gasteiger charge is -2.61. The molecule has 0 aromatic carbocycles. The van der Waals surface area contributed by atoms with Gasteiger partial charge in [-0.25, -0.2) is 4.79 Å². The van der Waals surface area contributed by atoms with Gasteiger partial charge in [0.25, 0.3) is 0 Å². The molecule has 1 saturated carbocycles. The predicted molar refractivity (Wildman–Crippen MR) is 102 cm³/mol. The van der Waals surface area contributed by atoms with Crippen molar-refractivity contribution in [3.63, 3.8) is 0 Å². The number of hydrogen-bond donors (Lipinski definition) is 1. The predicted octanol–water partition coefficient (Wildman–Crippen LogP) is 2.41. The maximum atomic E-state index is 13.2. The first kappa shape index (κ1) is 21.0. The molecule has 1 spiro atoms. The van der Waals surface area contributed by atoms with Crippen LogP contribution in [-0.4, -0.2) is 63.2 Å². The number of rotatable bonds is 4. The monoisotopic (exact) mass is 427 g/mol. The lowest BCUT2D eigenvalue weighted by molar-refractivity contribution is -0.144. The number of aromatic nitrogens is 2. The van der Waals surface area contributed by atoms with Gasteiger partial charge >= 0.3 is 12.2 Å². The van der Waals surface area contributed by atoms with Gasteiger partial charge in [-0.2, -0.15) is 18.3 Å². The highest BCUT2D eigenvalue weighted by Gasteiger charge is 2.56. The standard InChI is InChI=1S/C20H28F3N5O2/c1-4-19(25-13(2)29)11-28(12-19)17(30)27-9-18(10-27)6-14(7-18)5-15-8-24-26(3)16(15)20(21,22)23/h8,14H,4-7,9-12H2,1-3H3,(H,25,29). The number of nitrogens with zero attached hydrogens (tertiary/aromatic N) is 4. The minimum atomic E-state index is -4.40. The fraction of sp³-hybridized carbons (Fsp3) is 0.750. The quantitative estimate of drug-likeness (QED) is 0.802. The summed E-state index contributed by atoms with van der Waals surface area (Å²) < 4.78 is 40.6. The molecule has 1 aromatic rings. The number of hydrogen-bond acceptors (Lipinski definition) is 3. The fourth-order valence-corrected chi connectivity index (χ4v) is 5.56. The maximum absolute atomic E-state index is 13.2. The van der Waals surface area contributed by atoms with Crippen LogP contribution in [0.4, 0.5) is 18.0 Å². The van der Waals surface area contributed by atoms with Gasteiger partial charge in [0, 0.05) is 51.1 Å². The van der Waals surface area contributed by atoms with Crippen molar-refractivity contribution in [1.29, 1.82) is 0 Å². The van der Waals surface area contributed by atoms with E-state index in [1.807, 2.05) is 11.8 Å². The van der Waals surface area contributed by atoms with Crippen LogP contribution in [0.15, 0.2) is 6.20 Å². The molecular weight excluding hydrogens is 399 g/mol. The largest absolute Gasteiger partial charge is 0.433 e. The Balaban J connectivity index is 1.25. The van der Waals surface area contributed by atoms with Gasteiger partial charge in [0.2, 0.25) is 5.91 Å². The normalized spacial score (nSPS) is 22.3. The van der Waals surface area contributed by atoms with Gasteiger partial charge in [-0.3, -0.25) is 9.48 Å². The number of carbonyl (C=O) groups is 2. The fourth-order valence-electron chi connectivity index (χ4n) is 5.56. The van der Waals surface area contributed by atoms with Gasteiger partial charge in [0.1, 0.15) is 5.69 Å². The van der Waals surface area contributed by atoms with Gasteiger partial charge in [-0.15, -0.1) is 0 Å². The summed E-state index contributed by atoms with van der Waals surface area (Å²) in [6.45, 7) is 5.85. The summed E-state index contributed by atoms with van der Waals surface area (Å²) in [5, 5.41) is 6.73. The van der Waals surface area contributed by atoms with Crippen molar-refractivity contribution in [3.05, 3.63) is 17.5 Å². The second-order valence-electron chi connectivity index (χ2n) is 9.43. The van der Waals surface area contributed by atoms with Crippen LogP contribution in [0, 0.1) is 11.3 Å². The molecule has 30 heavy (non-hydrogen) atoms. The van der Waals surface area contributed by atoms with Crippen molar-refractivity contribution in [3.8, 4) is 0 Å². The van der Waals surface area contributed by atoms with Crippen LogP contribution in [0.5, 0.6) is 0 Å². The van der Waals surface area contributed by atoms with Crippen molar-refractivity contribution in [2.75, 3.05) is 26.2 Å². The van der Waals surface area contributed by atoms with Crippen LogP contribution in [0.3, 0.4) is 0 Å². The van der Waals surface area contributed by atoms with E-state index < -0.39 is 11.9 Å². The first-order valence-electron chi connectivity index (χ1n) is 10.4. The molecule has 2 aliphatic heterocycles. The summed E-state index contributed by atoms with van der Waals surface area (Å²) in [5.41, 5.74) is -0.659. The van der Waals surface area contributed by atoms with E-state index in [0.29, 0.717) is 32.6 Å². The van der Waals surface area contributed by atoms with Crippen LogP contribution < -0.4 is 5.32 Å². The Labute approximate surface area is 173 Å². The highest BCUT2D eigenvalue weighted by Crippen LogP contribution is 2.53. The third-order valence-corrected chi connectivity index (χ3v) is 6.93. The highest BCUT2D eigenvalue weighted by atomic mass is 19.4. The Morgan fingerprint density at radius 2 is 1.80 bits per heavy atom. The number of urea groups is 1. The molecule has 166 valence electrons. The van der Waals surface area contributed by atoms with E-state index in [1.165, 1.54) is 20.2 Å². The Bertz CT molecular complexity index is 845. The molecule has 1 aromatic heterocycles. The van der Waals surface area contributed by atoms with E-state index in [2.05, 4.69) is 10.4 Å². The average Bonchev–Trinajstić information content (AvgIpc) is 2.91. The topological polar surface area (TPSA) is 70.5 Å². The summed E-state index contributed by atoms with van der Waals surface area (Å²) >= 11 is 0. The molecule has 0 unspecified atom stereocenters. The molecule has 3 amide bonds. The van der Waals surface area contributed by atoms with Crippen LogP contribution in [0.1, 0.15) is 44.4 Å². The number of carbonyl (C=O) groups excluding carboxylic acids is 2. The lowest BCUT2D eigenvalue weighted by atomic mass is 9.56. The summed E-state index contributed by atoms with van der Waals surface area (Å²) in [4.78, 5) is 27.6. The third kappa shape index (κ3) is 3.54. The Kier molecular flexibility index (Phi) is 4.81. The van der Waals surface area contributed by atoms with E-state index >= 15 is 0 Å². The molecule has 0 radical (unpaired) electrons. The van der Waals surface area contributed by atoms with Gasteiger partial charge in [0.15, 0.2) is 0 Å². The Morgan fingerprint density at radius 3 is 2.33 bits per heavy atom. The number of nitrogens with one attached hydrogen (secondary N) is 1. The van der Waals surface area contributed by atoms with Gasteiger partial charge in [0.05, 0.1) is 11.7 Å². The minimum absolute atomic E-state index is 0.00915. The number of amides is 3. The number of alkyl halides is 3. The van der Waals surface area contributed by atoms with Crippen molar-refractivity contribution >= 4 is 11.9 Å². The summed E-state index contributed by atoms with van der Waals surface area (Å²) in [7, 11) is 1.32. The van der Waals surface area contributed by atoms with Gasteiger partial charge in [-0.05, 0) is 31.6 Å². The van der Waals surface area contributed by atoms with Crippen molar-refractivity contribution < 1.29 is 22.8 Å². The van der Waals surface area contributed by atoms with E-state index in [4.69, 9.17) is 0 Å². The molecule has 3 aliphatic rings. The van der Waals surface area contributed by atoms with E-state index in [-0.39, 0.29) is 34.4 Å². The summed E-state index contributed by atoms with van der Waals surface area (Å²) in [6.07, 6.45) is -0.245. The molecule has 2 saturated heterocycles. The number of halogens is 3. The van der Waals surface area contributed by atoms with Gasteiger partial charge < -0.3 is 15.1 Å². The molecule has 1 N–H and O–H groups in total. The molecule has 1 aliphatic carbocycles. The molecule has 0 bridgehead atoms. The van der Waals surface area contributed by atoms with Crippen molar-refractivity contribution in [2.45, 2.75) is 51.2 Å². The summed E-state index contributed by atoms with van der Waals surface area (Å²) in [5.74, 6) is 0.110. The van der Waals surface area contributed by atoms with E-state index in [9.17, 15) is 22.8 Å². The van der Waals surface area contributed by atoms with E-state index in [0.717, 1.165) is 23.9 Å². The second kappa shape index (κ2) is 6.88. The lowest BCUT2D eigenvalue weighted by Crippen LogP contribution is -2.74. The van der Waals surface area contributed by atoms with Crippen LogP contribution in [0.25, 0.3) is 0 Å². The SMILES string of the molecule is CCC1(NC(C)=O)CN(C(=O)N2CC3(CC(Cc4cnn(C)c4C(F)(F)F)C3)C2)C1. The molecular formula is C20H28F3N5O2. The second-order valence-corrected chi connectivity index (χ2v) is 9.43. The minimum Gasteiger partial charge on any atom is -0.347 e. The molecule has 4 rings (SSSR count). The molecule has 10 heteroatoms. The number of likely N-dealkylation sites (tertiary alicyclic amines) is 2. The highest BCUT2D eigenvalue weighted by molar-refractivity contribution is 5.79. The Morgan fingerprint density at radius 1 is 1.20 bits per heavy atom. The Hall–Kier alpha value is -2.26. The molecule has 3 fully saturated rings. The zero-order valence-corrected chi connectivity index (χ0v) is 17.6.